The smallest absolute Gasteiger partial charge is 0.233 e. The quantitative estimate of drug-likeness (QED) is 0.666. The van der Waals surface area contributed by atoms with Crippen molar-refractivity contribution >= 4 is 23.4 Å². The third-order valence-corrected chi connectivity index (χ3v) is 4.53. The lowest BCUT2D eigenvalue weighted by molar-refractivity contribution is -0.140. The number of rotatable bonds is 5. The highest BCUT2D eigenvalue weighted by Gasteiger charge is 2.46. The van der Waals surface area contributed by atoms with Crippen molar-refractivity contribution in [3.05, 3.63) is 42.2 Å². The number of nitrogens with one attached hydrogen (secondary N) is 1. The summed E-state index contributed by atoms with van der Waals surface area (Å²) in [5.41, 5.74) is 0.132. The Kier molecular flexibility index (Phi) is 4.74. The molecule has 1 aliphatic heterocycles. The van der Waals surface area contributed by atoms with E-state index in [1.165, 1.54) is 17.0 Å². The van der Waals surface area contributed by atoms with Crippen LogP contribution in [0.3, 0.4) is 0 Å². The van der Waals surface area contributed by atoms with Crippen molar-refractivity contribution in [1.29, 1.82) is 0 Å². The molecular formula is C18H19FN2O3. The van der Waals surface area contributed by atoms with Crippen LogP contribution < -0.4 is 5.32 Å². The Morgan fingerprint density at radius 2 is 1.75 bits per heavy atom. The number of amides is 3. The maximum atomic E-state index is 13.5. The molecule has 126 valence electrons. The van der Waals surface area contributed by atoms with E-state index < -0.39 is 5.82 Å². The summed E-state index contributed by atoms with van der Waals surface area (Å²) in [5.74, 6) is -1.58. The van der Waals surface area contributed by atoms with Gasteiger partial charge in [0.15, 0.2) is 0 Å². The summed E-state index contributed by atoms with van der Waals surface area (Å²) in [4.78, 5) is 37.7. The zero-order valence-corrected chi connectivity index (χ0v) is 13.2. The molecule has 0 radical (unpaired) electrons. The maximum Gasteiger partial charge on any atom is 0.233 e. The van der Waals surface area contributed by atoms with Crippen molar-refractivity contribution in [3.63, 3.8) is 0 Å². The Labute approximate surface area is 139 Å². The van der Waals surface area contributed by atoms with Crippen molar-refractivity contribution in [2.75, 3.05) is 11.9 Å². The number of para-hydroxylation sites is 1. The Balaban J connectivity index is 1.50. The first-order valence-corrected chi connectivity index (χ1v) is 8.12. The standard InChI is InChI=1S/C18H19FN2O3/c19-14-8-3-4-9-15(14)20-16(22)10-5-11-21-17(23)12-6-1-2-7-13(12)18(21)24/h1-4,8-9,12-13H,5-7,10-11H2,(H,20,22)/t12-,13+. The molecule has 24 heavy (non-hydrogen) atoms. The molecule has 5 nitrogen and oxygen atoms in total. The predicted molar refractivity (Wildman–Crippen MR) is 86.3 cm³/mol. The molecule has 6 heteroatoms. The van der Waals surface area contributed by atoms with E-state index in [-0.39, 0.29) is 48.2 Å². The number of fused-ring (bicyclic) bond motifs is 1. The van der Waals surface area contributed by atoms with Crippen LogP contribution in [0.1, 0.15) is 25.7 Å². The van der Waals surface area contributed by atoms with E-state index in [9.17, 15) is 18.8 Å². The Morgan fingerprint density at radius 3 is 2.38 bits per heavy atom. The lowest BCUT2D eigenvalue weighted by Crippen LogP contribution is -2.32. The normalized spacial score (nSPS) is 22.6. The highest BCUT2D eigenvalue weighted by Crippen LogP contribution is 2.35. The fraction of sp³-hybridized carbons (Fsp3) is 0.389. The molecule has 0 bridgehead atoms. The molecule has 3 amide bonds. The number of nitrogens with zero attached hydrogens (tertiary/aromatic N) is 1. The minimum Gasteiger partial charge on any atom is -0.324 e. The van der Waals surface area contributed by atoms with E-state index in [4.69, 9.17) is 0 Å². The van der Waals surface area contributed by atoms with Crippen LogP contribution >= 0.6 is 0 Å². The number of allylic oxidation sites excluding steroid dienone is 2. The molecule has 1 aromatic carbocycles. The van der Waals surface area contributed by atoms with Crippen LogP contribution in [0.5, 0.6) is 0 Å². The molecule has 1 aromatic rings. The first-order valence-electron chi connectivity index (χ1n) is 8.12. The van der Waals surface area contributed by atoms with Gasteiger partial charge in [0.05, 0.1) is 17.5 Å². The van der Waals surface area contributed by atoms with Crippen LogP contribution in [0, 0.1) is 17.7 Å². The van der Waals surface area contributed by atoms with Gasteiger partial charge in [-0.05, 0) is 31.4 Å². The van der Waals surface area contributed by atoms with Gasteiger partial charge in [0.25, 0.3) is 0 Å². The SMILES string of the molecule is O=C(CCCN1C(=O)[C@H]2CC=CC[C@H]2C1=O)Nc1ccccc1F. The summed E-state index contributed by atoms with van der Waals surface area (Å²) < 4.78 is 13.5. The molecule has 0 aromatic heterocycles. The summed E-state index contributed by atoms with van der Waals surface area (Å²) >= 11 is 0. The molecule has 2 aliphatic rings. The maximum absolute atomic E-state index is 13.5. The van der Waals surface area contributed by atoms with Gasteiger partial charge in [-0.2, -0.15) is 0 Å². The van der Waals surface area contributed by atoms with Gasteiger partial charge in [-0.1, -0.05) is 24.3 Å². The Hall–Kier alpha value is -2.50. The number of carbonyl (C=O) groups is 3. The van der Waals surface area contributed by atoms with Crippen LogP contribution in [0.4, 0.5) is 10.1 Å². The van der Waals surface area contributed by atoms with Crippen molar-refractivity contribution in [2.24, 2.45) is 11.8 Å². The lowest BCUT2D eigenvalue weighted by Gasteiger charge is -2.14. The number of hydrogen-bond acceptors (Lipinski definition) is 3. The molecular weight excluding hydrogens is 311 g/mol. The Bertz CT molecular complexity index is 675. The highest BCUT2D eigenvalue weighted by molar-refractivity contribution is 6.05. The zero-order valence-electron chi connectivity index (χ0n) is 13.2. The number of imide groups is 1. The van der Waals surface area contributed by atoms with Gasteiger partial charge in [0.1, 0.15) is 5.82 Å². The predicted octanol–water partition coefficient (Wildman–Crippen LogP) is 2.50. The first-order chi connectivity index (χ1) is 11.6. The van der Waals surface area contributed by atoms with Crippen LogP contribution in [0.25, 0.3) is 0 Å². The molecule has 0 saturated carbocycles. The molecule has 1 heterocycles. The van der Waals surface area contributed by atoms with Crippen LogP contribution in [-0.2, 0) is 14.4 Å². The van der Waals surface area contributed by atoms with Crippen LogP contribution in [-0.4, -0.2) is 29.2 Å². The van der Waals surface area contributed by atoms with E-state index in [1.807, 2.05) is 12.2 Å². The van der Waals surface area contributed by atoms with E-state index in [0.717, 1.165) is 0 Å². The van der Waals surface area contributed by atoms with Crippen molar-refractivity contribution in [3.8, 4) is 0 Å². The minimum absolute atomic E-state index is 0.124. The van der Waals surface area contributed by atoms with Crippen molar-refractivity contribution in [1.82, 2.24) is 4.90 Å². The average Bonchev–Trinajstić information content (AvgIpc) is 2.82. The zero-order chi connectivity index (χ0) is 17.1. The second-order valence-corrected chi connectivity index (χ2v) is 6.12. The molecule has 1 saturated heterocycles. The lowest BCUT2D eigenvalue weighted by atomic mass is 9.85. The van der Waals surface area contributed by atoms with Gasteiger partial charge < -0.3 is 5.32 Å². The number of hydrogen-bond donors (Lipinski definition) is 1. The first kappa shape index (κ1) is 16.4. The number of carbonyl (C=O) groups excluding carboxylic acids is 3. The average molecular weight is 330 g/mol. The number of halogens is 1. The van der Waals surface area contributed by atoms with Crippen LogP contribution in [0.2, 0.25) is 0 Å². The third-order valence-electron chi connectivity index (χ3n) is 4.53. The summed E-state index contributed by atoms with van der Waals surface area (Å²) in [6.45, 7) is 0.232. The highest BCUT2D eigenvalue weighted by atomic mass is 19.1. The van der Waals surface area contributed by atoms with E-state index >= 15 is 0 Å². The molecule has 1 fully saturated rings. The monoisotopic (exact) mass is 330 g/mol. The Morgan fingerprint density at radius 1 is 1.12 bits per heavy atom. The molecule has 2 atom stereocenters. The largest absolute Gasteiger partial charge is 0.324 e. The number of anilines is 1. The summed E-state index contributed by atoms with van der Waals surface area (Å²) in [6.07, 6.45) is 5.60. The van der Waals surface area contributed by atoms with Crippen molar-refractivity contribution in [2.45, 2.75) is 25.7 Å². The van der Waals surface area contributed by atoms with Gasteiger partial charge in [-0.3, -0.25) is 19.3 Å². The van der Waals surface area contributed by atoms with Gasteiger partial charge in [0.2, 0.25) is 17.7 Å². The van der Waals surface area contributed by atoms with Crippen LogP contribution in [0.15, 0.2) is 36.4 Å². The molecule has 1 N–H and O–H groups in total. The summed E-state index contributed by atoms with van der Waals surface area (Å²) in [6, 6.07) is 5.94. The minimum atomic E-state index is -0.493. The topological polar surface area (TPSA) is 66.5 Å². The van der Waals surface area contributed by atoms with E-state index in [2.05, 4.69) is 5.32 Å². The third kappa shape index (κ3) is 3.22. The molecule has 0 spiro atoms. The molecule has 0 unspecified atom stereocenters. The van der Waals surface area contributed by atoms with Gasteiger partial charge in [0, 0.05) is 13.0 Å². The second-order valence-electron chi connectivity index (χ2n) is 6.12. The van der Waals surface area contributed by atoms with E-state index in [1.54, 1.807) is 12.1 Å². The fourth-order valence-electron chi connectivity index (χ4n) is 3.26. The van der Waals surface area contributed by atoms with Gasteiger partial charge >= 0.3 is 0 Å². The second kappa shape index (κ2) is 6.95. The number of benzene rings is 1. The van der Waals surface area contributed by atoms with Gasteiger partial charge in [-0.25, -0.2) is 4.39 Å². The fourth-order valence-corrected chi connectivity index (χ4v) is 3.26. The van der Waals surface area contributed by atoms with Crippen molar-refractivity contribution < 1.29 is 18.8 Å². The van der Waals surface area contributed by atoms with Gasteiger partial charge in [-0.15, -0.1) is 0 Å². The summed E-state index contributed by atoms with van der Waals surface area (Å²) in [5, 5.41) is 2.50. The molecule has 3 rings (SSSR count). The van der Waals surface area contributed by atoms with E-state index in [0.29, 0.717) is 19.3 Å². The summed E-state index contributed by atoms with van der Waals surface area (Å²) in [7, 11) is 0. The number of likely N-dealkylation sites (tertiary alicyclic amines) is 1. The molecule has 1 aliphatic carbocycles.